The first-order chi connectivity index (χ1) is 9.44. The Morgan fingerprint density at radius 1 is 1.10 bits per heavy atom. The fourth-order valence-electron chi connectivity index (χ4n) is 1.78. The fourth-order valence-corrected chi connectivity index (χ4v) is 1.78. The van der Waals surface area contributed by atoms with Crippen LogP contribution in [0.1, 0.15) is 13.8 Å². The number of hydrogen-bond acceptors (Lipinski definition) is 3. The van der Waals surface area contributed by atoms with Crippen molar-refractivity contribution in [3.63, 3.8) is 0 Å². The van der Waals surface area contributed by atoms with Crippen LogP contribution in [0.5, 0.6) is 5.75 Å². The van der Waals surface area contributed by atoms with Crippen LogP contribution in [0.3, 0.4) is 0 Å². The van der Waals surface area contributed by atoms with Crippen molar-refractivity contribution in [3.05, 3.63) is 48.0 Å². The van der Waals surface area contributed by atoms with Crippen LogP contribution in [0.25, 0.3) is 0 Å². The first kappa shape index (κ1) is 14.1. The maximum Gasteiger partial charge on any atom is 0.146 e. The number of rotatable bonds is 4. The Balaban J connectivity index is 2.28. The standard InChI is InChI=1S/C15H16F2N2O/c1-9(2)20-13-7-11(18)6-12(8-13)19-15-5-10(16)3-4-14(15)17/h3-9,19H,18H2,1-2H3. The largest absolute Gasteiger partial charge is 0.491 e. The lowest BCUT2D eigenvalue weighted by molar-refractivity contribution is 0.242. The van der Waals surface area contributed by atoms with E-state index in [2.05, 4.69) is 5.32 Å². The minimum absolute atomic E-state index is 0.00411. The van der Waals surface area contributed by atoms with Gasteiger partial charge in [-0.3, -0.25) is 0 Å². The lowest BCUT2D eigenvalue weighted by Gasteiger charge is -2.13. The predicted molar refractivity (Wildman–Crippen MR) is 76.3 cm³/mol. The van der Waals surface area contributed by atoms with Gasteiger partial charge >= 0.3 is 0 Å². The van der Waals surface area contributed by atoms with Gasteiger partial charge in [0.2, 0.25) is 0 Å². The van der Waals surface area contributed by atoms with E-state index in [4.69, 9.17) is 10.5 Å². The molecule has 3 nitrogen and oxygen atoms in total. The number of halogens is 2. The fraction of sp³-hybridized carbons (Fsp3) is 0.200. The van der Waals surface area contributed by atoms with Crippen LogP contribution >= 0.6 is 0 Å². The van der Waals surface area contributed by atoms with Crippen molar-refractivity contribution in [1.82, 2.24) is 0 Å². The van der Waals surface area contributed by atoms with Crippen molar-refractivity contribution in [3.8, 4) is 5.75 Å². The minimum atomic E-state index is -0.542. The molecule has 0 amide bonds. The molecule has 106 valence electrons. The molecule has 0 atom stereocenters. The van der Waals surface area contributed by atoms with Crippen molar-refractivity contribution >= 4 is 17.1 Å². The molecule has 2 aromatic carbocycles. The number of nitrogens with two attached hydrogens (primary N) is 1. The minimum Gasteiger partial charge on any atom is -0.491 e. The van der Waals surface area contributed by atoms with Crippen LogP contribution in [0.15, 0.2) is 36.4 Å². The maximum atomic E-state index is 13.6. The molecule has 0 fully saturated rings. The molecule has 0 heterocycles. The summed E-state index contributed by atoms with van der Waals surface area (Å²) in [6, 6.07) is 8.19. The second kappa shape index (κ2) is 5.77. The van der Waals surface area contributed by atoms with Gasteiger partial charge in [0, 0.05) is 29.6 Å². The molecule has 2 aromatic rings. The van der Waals surface area contributed by atoms with E-state index in [1.54, 1.807) is 18.2 Å². The Labute approximate surface area is 116 Å². The Morgan fingerprint density at radius 3 is 2.55 bits per heavy atom. The molecule has 0 saturated heterocycles. The van der Waals surface area contributed by atoms with E-state index in [0.717, 1.165) is 18.2 Å². The predicted octanol–water partition coefficient (Wildman–Crippen LogP) is 4.08. The Bertz CT molecular complexity index is 615. The van der Waals surface area contributed by atoms with Crippen molar-refractivity contribution in [1.29, 1.82) is 0 Å². The van der Waals surface area contributed by atoms with Gasteiger partial charge in [0.1, 0.15) is 17.4 Å². The highest BCUT2D eigenvalue weighted by Gasteiger charge is 2.07. The van der Waals surface area contributed by atoms with Gasteiger partial charge < -0.3 is 15.8 Å². The normalized spacial score (nSPS) is 10.7. The summed E-state index contributed by atoms with van der Waals surface area (Å²) in [4.78, 5) is 0. The molecule has 0 aliphatic heterocycles. The summed E-state index contributed by atoms with van der Waals surface area (Å²) in [5, 5.41) is 2.79. The summed E-state index contributed by atoms with van der Waals surface area (Å²) in [7, 11) is 0. The van der Waals surface area contributed by atoms with E-state index < -0.39 is 11.6 Å². The molecular weight excluding hydrogens is 262 g/mol. The van der Waals surface area contributed by atoms with Crippen LogP contribution < -0.4 is 15.8 Å². The highest BCUT2D eigenvalue weighted by atomic mass is 19.1. The Morgan fingerprint density at radius 2 is 1.85 bits per heavy atom. The molecule has 0 aromatic heterocycles. The number of benzene rings is 2. The number of ether oxygens (including phenoxy) is 1. The number of hydrogen-bond donors (Lipinski definition) is 2. The molecule has 20 heavy (non-hydrogen) atoms. The van der Waals surface area contributed by atoms with Crippen LogP contribution in [0.2, 0.25) is 0 Å². The van der Waals surface area contributed by atoms with Gasteiger partial charge in [0.15, 0.2) is 0 Å². The van der Waals surface area contributed by atoms with Gasteiger partial charge in [-0.05, 0) is 32.0 Å². The quantitative estimate of drug-likeness (QED) is 0.828. The molecule has 0 unspecified atom stereocenters. The van der Waals surface area contributed by atoms with E-state index in [1.165, 1.54) is 0 Å². The Hall–Kier alpha value is -2.30. The third kappa shape index (κ3) is 3.60. The monoisotopic (exact) mass is 278 g/mol. The first-order valence-electron chi connectivity index (χ1n) is 6.23. The lowest BCUT2D eigenvalue weighted by atomic mass is 10.2. The summed E-state index contributed by atoms with van der Waals surface area (Å²) < 4.78 is 32.2. The van der Waals surface area contributed by atoms with Gasteiger partial charge in [-0.15, -0.1) is 0 Å². The number of nitrogens with one attached hydrogen (secondary N) is 1. The lowest BCUT2D eigenvalue weighted by Crippen LogP contribution is -2.06. The van der Waals surface area contributed by atoms with Crippen molar-refractivity contribution in [2.45, 2.75) is 20.0 Å². The van der Waals surface area contributed by atoms with Gasteiger partial charge in [0.25, 0.3) is 0 Å². The molecule has 2 rings (SSSR count). The smallest absolute Gasteiger partial charge is 0.146 e. The van der Waals surface area contributed by atoms with E-state index >= 15 is 0 Å². The average Bonchev–Trinajstić information content (AvgIpc) is 2.32. The van der Waals surface area contributed by atoms with Crippen LogP contribution in [0, 0.1) is 11.6 Å². The summed E-state index contributed by atoms with van der Waals surface area (Å²) in [6.45, 7) is 3.78. The molecule has 0 saturated carbocycles. The van der Waals surface area contributed by atoms with E-state index in [0.29, 0.717) is 17.1 Å². The first-order valence-corrected chi connectivity index (χ1v) is 6.23. The summed E-state index contributed by atoms with van der Waals surface area (Å²) in [6.07, 6.45) is -0.00411. The van der Waals surface area contributed by atoms with Gasteiger partial charge in [-0.1, -0.05) is 0 Å². The van der Waals surface area contributed by atoms with Crippen LogP contribution in [-0.2, 0) is 0 Å². The summed E-state index contributed by atoms with van der Waals surface area (Å²) >= 11 is 0. The average molecular weight is 278 g/mol. The Kier molecular flexibility index (Phi) is 4.08. The molecule has 3 N–H and O–H groups in total. The molecule has 5 heteroatoms. The summed E-state index contributed by atoms with van der Waals surface area (Å²) in [5.74, 6) is -0.490. The zero-order valence-electron chi connectivity index (χ0n) is 11.3. The molecular formula is C15H16F2N2O. The van der Waals surface area contributed by atoms with Crippen LogP contribution in [-0.4, -0.2) is 6.10 Å². The molecule has 0 spiro atoms. The molecule has 0 radical (unpaired) electrons. The third-order valence-electron chi connectivity index (χ3n) is 2.51. The van der Waals surface area contributed by atoms with E-state index in [-0.39, 0.29) is 11.8 Å². The second-order valence-corrected chi connectivity index (χ2v) is 4.71. The topological polar surface area (TPSA) is 47.3 Å². The summed E-state index contributed by atoms with van der Waals surface area (Å²) in [5.41, 5.74) is 6.82. The zero-order chi connectivity index (χ0) is 14.7. The van der Waals surface area contributed by atoms with Gasteiger partial charge in [0.05, 0.1) is 11.8 Å². The molecule has 0 bridgehead atoms. The van der Waals surface area contributed by atoms with Crippen molar-refractivity contribution < 1.29 is 13.5 Å². The zero-order valence-corrected chi connectivity index (χ0v) is 11.3. The molecule has 0 aliphatic rings. The second-order valence-electron chi connectivity index (χ2n) is 4.71. The van der Waals surface area contributed by atoms with E-state index in [1.807, 2.05) is 13.8 Å². The highest BCUT2D eigenvalue weighted by molar-refractivity contribution is 5.66. The number of nitrogen functional groups attached to an aromatic ring is 1. The maximum absolute atomic E-state index is 13.6. The molecule has 0 aliphatic carbocycles. The van der Waals surface area contributed by atoms with Crippen molar-refractivity contribution in [2.75, 3.05) is 11.1 Å². The SMILES string of the molecule is CC(C)Oc1cc(N)cc(Nc2cc(F)ccc2F)c1. The van der Waals surface area contributed by atoms with Gasteiger partial charge in [-0.25, -0.2) is 8.78 Å². The van der Waals surface area contributed by atoms with Gasteiger partial charge in [-0.2, -0.15) is 0 Å². The van der Waals surface area contributed by atoms with E-state index in [9.17, 15) is 8.78 Å². The van der Waals surface area contributed by atoms with Crippen molar-refractivity contribution in [2.24, 2.45) is 0 Å². The van der Waals surface area contributed by atoms with Crippen LogP contribution in [0.4, 0.5) is 25.8 Å². The number of anilines is 3. The highest BCUT2D eigenvalue weighted by Crippen LogP contribution is 2.27. The third-order valence-corrected chi connectivity index (χ3v) is 2.51.